The molecule has 2 aliphatic rings. The molecular formula is C39H38N6O7S. The first-order valence-corrected chi connectivity index (χ1v) is 18.2. The Morgan fingerprint density at radius 3 is 2.28 bits per heavy atom. The van der Waals surface area contributed by atoms with Gasteiger partial charge in [-0.1, -0.05) is 116 Å². The van der Waals surface area contributed by atoms with Gasteiger partial charge in [0.05, 0.1) is 37.5 Å². The topological polar surface area (TPSA) is 158 Å². The van der Waals surface area contributed by atoms with Crippen LogP contribution in [0.2, 0.25) is 0 Å². The molecule has 0 saturated carbocycles. The first-order valence-electron chi connectivity index (χ1n) is 17.2. The monoisotopic (exact) mass is 734 g/mol. The minimum atomic E-state index is -0.994. The second-order valence-electron chi connectivity index (χ2n) is 12.9. The Bertz CT molecular complexity index is 2010. The molecule has 14 heteroatoms. The molecule has 7 rings (SSSR count). The lowest BCUT2D eigenvalue weighted by atomic mass is 9.91. The third-order valence-corrected chi connectivity index (χ3v) is 10.3. The lowest BCUT2D eigenvalue weighted by Gasteiger charge is -2.41. The van der Waals surface area contributed by atoms with Gasteiger partial charge in [0.15, 0.2) is 6.29 Å². The summed E-state index contributed by atoms with van der Waals surface area (Å²) in [4.78, 5) is 39.5. The molecule has 2 N–H and O–H groups in total. The molecule has 0 bridgehead atoms. The number of carbonyl (C=O) groups excluding carboxylic acids is 3. The van der Waals surface area contributed by atoms with Crippen LogP contribution < -0.4 is 5.32 Å². The van der Waals surface area contributed by atoms with Gasteiger partial charge < -0.3 is 24.6 Å². The van der Waals surface area contributed by atoms with E-state index in [1.54, 1.807) is 4.68 Å². The summed E-state index contributed by atoms with van der Waals surface area (Å²) in [7, 11) is 0. The van der Waals surface area contributed by atoms with Crippen molar-refractivity contribution in [2.45, 2.75) is 62.8 Å². The summed E-state index contributed by atoms with van der Waals surface area (Å²) < 4.78 is 20.1. The highest BCUT2D eigenvalue weighted by Crippen LogP contribution is 2.43. The zero-order valence-corrected chi connectivity index (χ0v) is 29.7. The number of carbonyl (C=O) groups is 3. The number of para-hydroxylation sites is 1. The van der Waals surface area contributed by atoms with Crippen LogP contribution in [0.15, 0.2) is 114 Å². The van der Waals surface area contributed by atoms with Crippen LogP contribution in [0.25, 0.3) is 5.69 Å². The third-order valence-electron chi connectivity index (χ3n) is 9.28. The second kappa shape index (κ2) is 16.5. The number of nitrogens with one attached hydrogen (secondary N) is 1. The van der Waals surface area contributed by atoms with E-state index >= 15 is 0 Å². The number of aliphatic hydroxyl groups is 1. The predicted molar refractivity (Wildman–Crippen MR) is 193 cm³/mol. The van der Waals surface area contributed by atoms with Crippen molar-refractivity contribution in [2.24, 2.45) is 5.92 Å². The van der Waals surface area contributed by atoms with E-state index in [1.165, 1.54) is 11.8 Å². The maximum absolute atomic E-state index is 13.1. The van der Waals surface area contributed by atoms with Crippen molar-refractivity contribution >= 4 is 29.7 Å². The van der Waals surface area contributed by atoms with Crippen molar-refractivity contribution in [3.05, 3.63) is 137 Å². The van der Waals surface area contributed by atoms with Gasteiger partial charge in [0.25, 0.3) is 5.91 Å². The van der Waals surface area contributed by atoms with Gasteiger partial charge in [0.1, 0.15) is 12.6 Å². The molecule has 53 heavy (non-hydrogen) atoms. The fraction of sp³-hybridized carbons (Fsp3) is 0.282. The predicted octanol–water partition coefficient (Wildman–Crippen LogP) is 5.29. The number of aliphatic hydroxyl groups excluding tert-OH is 1. The molecular weight excluding hydrogens is 697 g/mol. The SMILES string of the molecule is CC1C(CSc2nnnn2-c2ccccc2)OC(c2ccc(CN3C(=O)CC(NC(=O)OCc4ccccc4)C3=O)cc2)OC1c1ccc(CO)cc1. The van der Waals surface area contributed by atoms with Crippen molar-refractivity contribution in [3.8, 4) is 5.69 Å². The number of hydrogen-bond donors (Lipinski definition) is 2. The molecule has 2 aliphatic heterocycles. The number of likely N-dealkylation sites (tertiary alicyclic amines) is 1. The summed E-state index contributed by atoms with van der Waals surface area (Å²) in [5.41, 5.74) is 4.92. The Morgan fingerprint density at radius 1 is 0.887 bits per heavy atom. The maximum Gasteiger partial charge on any atom is 0.408 e. The van der Waals surface area contributed by atoms with E-state index in [0.717, 1.165) is 38.4 Å². The molecule has 5 atom stereocenters. The summed E-state index contributed by atoms with van der Waals surface area (Å²) in [6.45, 7) is 2.14. The molecule has 4 aromatic carbocycles. The molecule has 1 aromatic heterocycles. The van der Waals surface area contributed by atoms with E-state index in [9.17, 15) is 19.5 Å². The standard InChI is InChI=1S/C39H38N6O7S/c1-25-33(24-53-38-41-42-43-45(38)31-10-6-3-7-11-31)51-37(52-35(25)29-16-14-27(22-46)15-17-29)30-18-12-26(13-19-30)21-44-34(47)20-32(36(44)48)40-39(49)50-23-28-8-4-2-5-9-28/h2-19,25,32-33,35,37,46H,20-24H2,1H3,(H,40,49). The zero-order valence-electron chi connectivity index (χ0n) is 28.9. The van der Waals surface area contributed by atoms with Gasteiger partial charge >= 0.3 is 6.09 Å². The third kappa shape index (κ3) is 8.47. The van der Waals surface area contributed by atoms with Crippen molar-refractivity contribution in [2.75, 3.05) is 5.75 Å². The van der Waals surface area contributed by atoms with Gasteiger partial charge in [-0.05, 0) is 44.8 Å². The molecule has 0 spiro atoms. The maximum atomic E-state index is 13.1. The summed E-state index contributed by atoms with van der Waals surface area (Å²) in [5.74, 6) is -0.374. The Morgan fingerprint density at radius 2 is 1.57 bits per heavy atom. The number of imide groups is 1. The number of nitrogens with zero attached hydrogens (tertiary/aromatic N) is 5. The Labute approximate surface area is 310 Å². The highest BCUT2D eigenvalue weighted by molar-refractivity contribution is 7.99. The van der Waals surface area contributed by atoms with Gasteiger partial charge in [-0.25, -0.2) is 4.79 Å². The van der Waals surface area contributed by atoms with E-state index in [0.29, 0.717) is 10.9 Å². The van der Waals surface area contributed by atoms with E-state index in [-0.39, 0.29) is 50.2 Å². The molecule has 272 valence electrons. The first kappa shape index (κ1) is 36.0. The van der Waals surface area contributed by atoms with Crippen molar-refractivity contribution in [1.29, 1.82) is 0 Å². The average Bonchev–Trinajstić information content (AvgIpc) is 3.77. The number of amides is 3. The summed E-state index contributed by atoms with van der Waals surface area (Å²) in [6, 6.07) is 33.0. The molecule has 2 saturated heterocycles. The quantitative estimate of drug-likeness (QED) is 0.127. The number of benzene rings is 4. The van der Waals surface area contributed by atoms with Crippen LogP contribution >= 0.6 is 11.8 Å². The second-order valence-corrected chi connectivity index (χ2v) is 13.9. The normalized spacial score (nSPS) is 21.5. The molecule has 3 heterocycles. The fourth-order valence-electron chi connectivity index (χ4n) is 6.30. The number of ether oxygens (including phenoxy) is 3. The number of rotatable bonds is 12. The number of hydrogen-bond acceptors (Lipinski definition) is 11. The summed E-state index contributed by atoms with van der Waals surface area (Å²) in [6.07, 6.45) is -2.20. The lowest BCUT2D eigenvalue weighted by molar-refractivity contribution is -0.268. The lowest BCUT2D eigenvalue weighted by Crippen LogP contribution is -2.41. The van der Waals surface area contributed by atoms with Gasteiger partial charge in [-0.15, -0.1) is 5.10 Å². The molecule has 0 aliphatic carbocycles. The number of aromatic nitrogens is 4. The van der Waals surface area contributed by atoms with Crippen LogP contribution in [0.5, 0.6) is 0 Å². The van der Waals surface area contributed by atoms with E-state index in [4.69, 9.17) is 14.2 Å². The Hall–Kier alpha value is -5.41. The largest absolute Gasteiger partial charge is 0.445 e. The van der Waals surface area contributed by atoms with Crippen molar-refractivity contribution in [1.82, 2.24) is 30.4 Å². The van der Waals surface area contributed by atoms with Crippen LogP contribution in [0, 0.1) is 5.92 Å². The van der Waals surface area contributed by atoms with Crippen LogP contribution in [0.1, 0.15) is 53.6 Å². The minimum absolute atomic E-state index is 0.0494. The highest BCUT2D eigenvalue weighted by Gasteiger charge is 2.41. The molecule has 5 aromatic rings. The molecule has 2 fully saturated rings. The summed E-state index contributed by atoms with van der Waals surface area (Å²) >= 11 is 1.49. The van der Waals surface area contributed by atoms with Crippen molar-refractivity contribution < 1.29 is 33.7 Å². The average molecular weight is 735 g/mol. The van der Waals surface area contributed by atoms with Crippen molar-refractivity contribution in [3.63, 3.8) is 0 Å². The van der Waals surface area contributed by atoms with Gasteiger partial charge in [0.2, 0.25) is 11.1 Å². The Balaban J connectivity index is 1.02. The van der Waals surface area contributed by atoms with E-state index in [2.05, 4.69) is 27.8 Å². The molecule has 13 nitrogen and oxygen atoms in total. The van der Waals surface area contributed by atoms with E-state index in [1.807, 2.05) is 109 Å². The highest BCUT2D eigenvalue weighted by atomic mass is 32.2. The zero-order chi connectivity index (χ0) is 36.7. The molecule has 3 amide bonds. The first-order chi connectivity index (χ1) is 25.9. The van der Waals surface area contributed by atoms with Gasteiger partial charge in [-0.3, -0.25) is 14.5 Å². The van der Waals surface area contributed by atoms with Crippen LogP contribution in [0.4, 0.5) is 4.79 Å². The van der Waals surface area contributed by atoms with Crippen LogP contribution in [-0.4, -0.2) is 66.0 Å². The minimum Gasteiger partial charge on any atom is -0.445 e. The number of tetrazole rings is 1. The number of thioether (sulfide) groups is 1. The fourth-order valence-corrected chi connectivity index (χ4v) is 7.35. The van der Waals surface area contributed by atoms with Crippen LogP contribution in [0.3, 0.4) is 0 Å². The van der Waals surface area contributed by atoms with Crippen LogP contribution in [-0.2, 0) is 43.6 Å². The van der Waals surface area contributed by atoms with Gasteiger partial charge in [0, 0.05) is 17.2 Å². The van der Waals surface area contributed by atoms with Gasteiger partial charge in [-0.2, -0.15) is 4.68 Å². The number of alkyl carbamates (subject to hydrolysis) is 1. The molecule has 0 radical (unpaired) electrons. The van der Waals surface area contributed by atoms with E-state index < -0.39 is 24.3 Å². The Kier molecular flexibility index (Phi) is 11.2. The smallest absolute Gasteiger partial charge is 0.408 e. The molecule has 5 unspecified atom stereocenters. The summed E-state index contributed by atoms with van der Waals surface area (Å²) in [5, 5.41) is 25.1.